The third kappa shape index (κ3) is 4.21. The van der Waals surface area contributed by atoms with Gasteiger partial charge in [0.05, 0.1) is 6.61 Å². The lowest BCUT2D eigenvalue weighted by molar-refractivity contribution is 0.182. The van der Waals surface area contributed by atoms with Gasteiger partial charge in [0.25, 0.3) is 0 Å². The van der Waals surface area contributed by atoms with Crippen molar-refractivity contribution in [3.05, 3.63) is 28.2 Å². The second-order valence-corrected chi connectivity index (χ2v) is 6.43. The molecule has 2 rings (SSSR count). The van der Waals surface area contributed by atoms with E-state index >= 15 is 0 Å². The molecule has 20 heavy (non-hydrogen) atoms. The fourth-order valence-electron chi connectivity index (χ4n) is 2.55. The zero-order valence-corrected chi connectivity index (χ0v) is 14.2. The first-order valence-electron chi connectivity index (χ1n) is 7.43. The third-order valence-corrected chi connectivity index (χ3v) is 4.29. The van der Waals surface area contributed by atoms with Crippen LogP contribution in [0.2, 0.25) is 0 Å². The topological polar surface area (TPSA) is 24.5 Å². The Morgan fingerprint density at radius 1 is 1.45 bits per heavy atom. The van der Waals surface area contributed by atoms with Gasteiger partial charge in [-0.2, -0.15) is 0 Å². The molecule has 0 heterocycles. The molecule has 3 nitrogen and oxygen atoms in total. The predicted octanol–water partition coefficient (Wildman–Crippen LogP) is 3.56. The number of benzene rings is 1. The molecule has 0 aromatic heterocycles. The van der Waals surface area contributed by atoms with Gasteiger partial charge in [-0.25, -0.2) is 0 Å². The van der Waals surface area contributed by atoms with Crippen LogP contribution in [0.5, 0.6) is 0 Å². The zero-order chi connectivity index (χ0) is 14.5. The second-order valence-electron chi connectivity index (χ2n) is 5.52. The lowest BCUT2D eigenvalue weighted by Crippen LogP contribution is -2.37. The summed E-state index contributed by atoms with van der Waals surface area (Å²) in [4.78, 5) is 2.41. The highest BCUT2D eigenvalue weighted by molar-refractivity contribution is 9.10. The minimum absolute atomic E-state index is 0.374. The molecule has 1 N–H and O–H groups in total. The maximum Gasteiger partial charge on any atom is 0.0663 e. The number of nitrogens with one attached hydrogen (secondary N) is 1. The van der Waals surface area contributed by atoms with Crippen LogP contribution < -0.4 is 10.2 Å². The summed E-state index contributed by atoms with van der Waals surface area (Å²) < 4.78 is 6.45. The molecule has 1 unspecified atom stereocenters. The summed E-state index contributed by atoms with van der Waals surface area (Å²) in [7, 11) is 1.76. The van der Waals surface area contributed by atoms with Crippen LogP contribution in [0.1, 0.15) is 32.3 Å². The van der Waals surface area contributed by atoms with E-state index in [1.54, 1.807) is 7.11 Å². The number of ether oxygens (including phenoxy) is 1. The number of halogens is 1. The van der Waals surface area contributed by atoms with Crippen molar-refractivity contribution in [1.29, 1.82) is 0 Å². The number of hydrogen-bond acceptors (Lipinski definition) is 3. The maximum atomic E-state index is 5.32. The maximum absolute atomic E-state index is 5.32. The monoisotopic (exact) mass is 340 g/mol. The number of nitrogens with zero attached hydrogens (tertiary/aromatic N) is 1. The quantitative estimate of drug-likeness (QED) is 0.782. The Bertz CT molecular complexity index is 434. The van der Waals surface area contributed by atoms with Gasteiger partial charge in [0, 0.05) is 42.4 Å². The number of likely N-dealkylation sites (N-methyl/N-ethyl adjacent to an activating group) is 1. The molecule has 4 heteroatoms. The molecule has 0 radical (unpaired) electrons. The zero-order valence-electron chi connectivity index (χ0n) is 12.7. The average molecular weight is 341 g/mol. The van der Waals surface area contributed by atoms with Crippen molar-refractivity contribution in [2.24, 2.45) is 0 Å². The van der Waals surface area contributed by atoms with Gasteiger partial charge in [-0.3, -0.25) is 0 Å². The second kappa shape index (κ2) is 7.43. The molecule has 0 saturated heterocycles. The molecular weight excluding hydrogens is 316 g/mol. The number of anilines is 1. The predicted molar refractivity (Wildman–Crippen MR) is 88.4 cm³/mol. The van der Waals surface area contributed by atoms with Crippen LogP contribution in [0.4, 0.5) is 5.69 Å². The first-order chi connectivity index (χ1) is 9.65. The van der Waals surface area contributed by atoms with E-state index in [1.807, 2.05) is 0 Å². The van der Waals surface area contributed by atoms with E-state index in [0.29, 0.717) is 6.04 Å². The van der Waals surface area contributed by atoms with Gasteiger partial charge in [0.1, 0.15) is 0 Å². The summed E-state index contributed by atoms with van der Waals surface area (Å²) in [6.07, 6.45) is 2.65. The van der Waals surface area contributed by atoms with Gasteiger partial charge in [0.2, 0.25) is 0 Å². The molecule has 1 fully saturated rings. The molecule has 112 valence electrons. The minimum Gasteiger partial charge on any atom is -0.383 e. The molecule has 1 aliphatic carbocycles. The third-order valence-electron chi connectivity index (χ3n) is 3.80. The number of hydrogen-bond donors (Lipinski definition) is 1. The Kier molecular flexibility index (Phi) is 5.87. The van der Waals surface area contributed by atoms with Gasteiger partial charge >= 0.3 is 0 Å². The number of methoxy groups -OCH3 is 1. The number of rotatable bonds is 8. The van der Waals surface area contributed by atoms with Crippen molar-refractivity contribution in [2.75, 3.05) is 25.2 Å². The molecule has 1 aliphatic rings. The molecule has 0 amide bonds. The SMILES string of the molecule is CCN(c1cc(Br)ccc1CNC1CC1)C(C)COC. The standard InChI is InChI=1S/C16H25BrN2O/c1-4-19(12(2)11-20-3)16-9-14(17)6-5-13(16)10-18-15-7-8-15/h5-6,9,12,15,18H,4,7-8,10-11H2,1-3H3. The van der Waals surface area contributed by atoms with Crippen molar-refractivity contribution < 1.29 is 4.74 Å². The summed E-state index contributed by atoms with van der Waals surface area (Å²) >= 11 is 3.60. The van der Waals surface area contributed by atoms with E-state index in [2.05, 4.69) is 58.2 Å². The van der Waals surface area contributed by atoms with Crippen LogP contribution in [-0.2, 0) is 11.3 Å². The molecule has 1 aromatic rings. The van der Waals surface area contributed by atoms with Crippen LogP contribution >= 0.6 is 15.9 Å². The first-order valence-corrected chi connectivity index (χ1v) is 8.22. The van der Waals surface area contributed by atoms with Crippen molar-refractivity contribution in [3.8, 4) is 0 Å². The average Bonchev–Trinajstić information content (AvgIpc) is 3.23. The van der Waals surface area contributed by atoms with Gasteiger partial charge < -0.3 is 15.0 Å². The smallest absolute Gasteiger partial charge is 0.0663 e. The van der Waals surface area contributed by atoms with E-state index in [0.717, 1.165) is 30.2 Å². The fourth-order valence-corrected chi connectivity index (χ4v) is 2.90. The molecule has 0 bridgehead atoms. The van der Waals surface area contributed by atoms with Gasteiger partial charge in [-0.05, 0) is 44.4 Å². The normalized spacial score (nSPS) is 16.2. The van der Waals surface area contributed by atoms with Crippen LogP contribution in [0.25, 0.3) is 0 Å². The fraction of sp³-hybridized carbons (Fsp3) is 0.625. The molecule has 0 aliphatic heterocycles. The van der Waals surface area contributed by atoms with Crippen molar-refractivity contribution >= 4 is 21.6 Å². The Balaban J connectivity index is 2.18. The van der Waals surface area contributed by atoms with Crippen molar-refractivity contribution in [2.45, 2.75) is 45.3 Å². The van der Waals surface area contributed by atoms with E-state index in [1.165, 1.54) is 24.1 Å². The summed E-state index contributed by atoms with van der Waals surface area (Å²) in [5, 5.41) is 3.61. The van der Waals surface area contributed by atoms with Crippen molar-refractivity contribution in [1.82, 2.24) is 5.32 Å². The Labute approximate surface area is 130 Å². The molecular formula is C16H25BrN2O. The van der Waals surface area contributed by atoms with E-state index in [4.69, 9.17) is 4.74 Å². The van der Waals surface area contributed by atoms with Gasteiger partial charge in [-0.15, -0.1) is 0 Å². The van der Waals surface area contributed by atoms with E-state index in [-0.39, 0.29) is 0 Å². The van der Waals surface area contributed by atoms with Crippen LogP contribution in [0.3, 0.4) is 0 Å². The molecule has 1 saturated carbocycles. The van der Waals surface area contributed by atoms with Crippen molar-refractivity contribution in [3.63, 3.8) is 0 Å². The van der Waals surface area contributed by atoms with Crippen LogP contribution in [0, 0.1) is 0 Å². The lowest BCUT2D eigenvalue weighted by Gasteiger charge is -2.32. The largest absolute Gasteiger partial charge is 0.383 e. The molecule has 1 aromatic carbocycles. The van der Waals surface area contributed by atoms with Gasteiger partial charge in [-0.1, -0.05) is 22.0 Å². The molecule has 0 spiro atoms. The van der Waals surface area contributed by atoms with Gasteiger partial charge in [0.15, 0.2) is 0 Å². The lowest BCUT2D eigenvalue weighted by atomic mass is 10.1. The van der Waals surface area contributed by atoms with Crippen LogP contribution in [-0.4, -0.2) is 32.3 Å². The van der Waals surface area contributed by atoms with E-state index < -0.39 is 0 Å². The summed E-state index contributed by atoms with van der Waals surface area (Å²) in [6, 6.07) is 7.68. The van der Waals surface area contributed by atoms with Crippen LogP contribution in [0.15, 0.2) is 22.7 Å². The summed E-state index contributed by atoms with van der Waals surface area (Å²) in [5.74, 6) is 0. The highest BCUT2D eigenvalue weighted by Gasteiger charge is 2.22. The van der Waals surface area contributed by atoms with E-state index in [9.17, 15) is 0 Å². The minimum atomic E-state index is 0.374. The highest BCUT2D eigenvalue weighted by atomic mass is 79.9. The Morgan fingerprint density at radius 2 is 2.20 bits per heavy atom. The summed E-state index contributed by atoms with van der Waals surface area (Å²) in [5.41, 5.74) is 2.67. The highest BCUT2D eigenvalue weighted by Crippen LogP contribution is 2.28. The Morgan fingerprint density at radius 3 is 2.80 bits per heavy atom. The summed E-state index contributed by atoms with van der Waals surface area (Å²) in [6.45, 7) is 7.09. The first kappa shape index (κ1) is 15.8. The Hall–Kier alpha value is -0.580. The molecule has 1 atom stereocenters.